The quantitative estimate of drug-likeness (QED) is 0.657. The number of hydrogen-bond donors (Lipinski definition) is 2. The Morgan fingerprint density at radius 1 is 1.55 bits per heavy atom. The maximum atomic E-state index is 12.6. The van der Waals surface area contributed by atoms with Crippen LogP contribution in [0.5, 0.6) is 0 Å². The first-order chi connectivity index (χ1) is 4.93. The molecule has 1 heterocycles. The minimum absolute atomic E-state index is 0.540. The van der Waals surface area contributed by atoms with E-state index in [9.17, 15) is 13.2 Å². The van der Waals surface area contributed by atoms with E-state index >= 15 is 0 Å². The zero-order valence-electron chi connectivity index (χ0n) is 5.66. The molecule has 0 fully saturated rings. The number of hydrogen-bond acceptors (Lipinski definition) is 2. The van der Waals surface area contributed by atoms with Crippen LogP contribution in [-0.2, 0) is 5.92 Å². The molecule has 0 spiro atoms. The first-order valence-corrected chi connectivity index (χ1v) is 2.80. The van der Waals surface area contributed by atoms with Crippen LogP contribution < -0.4 is 5.73 Å². The van der Waals surface area contributed by atoms with Gasteiger partial charge in [-0.1, -0.05) is 0 Å². The van der Waals surface area contributed by atoms with Crippen molar-refractivity contribution >= 4 is 5.82 Å². The van der Waals surface area contributed by atoms with Gasteiger partial charge in [-0.05, 0) is 0 Å². The predicted octanol–water partition coefficient (Wildman–Crippen LogP) is 1.24. The van der Waals surface area contributed by atoms with Crippen molar-refractivity contribution in [3.63, 3.8) is 0 Å². The van der Waals surface area contributed by atoms with Gasteiger partial charge in [0, 0.05) is 6.92 Å². The number of nitrogen functional groups attached to an aromatic ring is 1. The lowest BCUT2D eigenvalue weighted by atomic mass is 10.2. The molecule has 62 valence electrons. The van der Waals surface area contributed by atoms with Gasteiger partial charge in [-0.15, -0.1) is 0 Å². The molecule has 0 unspecified atom stereocenters. The summed E-state index contributed by atoms with van der Waals surface area (Å²) in [5.41, 5.74) is 4.01. The lowest BCUT2D eigenvalue weighted by Gasteiger charge is -2.05. The molecule has 11 heavy (non-hydrogen) atoms. The summed E-state index contributed by atoms with van der Waals surface area (Å²) in [6.07, 6.45) is 0. The van der Waals surface area contributed by atoms with Gasteiger partial charge in [-0.25, -0.2) is 4.39 Å². The SMILES string of the molecule is CC(F)(F)c1[nH]nc(N)c1F. The number of H-pyrrole nitrogens is 1. The second-order valence-electron chi connectivity index (χ2n) is 2.19. The van der Waals surface area contributed by atoms with Crippen LogP contribution in [0.4, 0.5) is 19.0 Å². The molecule has 0 aliphatic carbocycles. The maximum Gasteiger partial charge on any atom is 0.289 e. The molecule has 1 aromatic rings. The van der Waals surface area contributed by atoms with Crippen LogP contribution in [0, 0.1) is 5.82 Å². The summed E-state index contributed by atoms with van der Waals surface area (Å²) in [6.45, 7) is 0.559. The minimum Gasteiger partial charge on any atom is -0.380 e. The Balaban J connectivity index is 3.15. The largest absolute Gasteiger partial charge is 0.380 e. The molecular weight excluding hydrogens is 159 g/mol. The van der Waals surface area contributed by atoms with Crippen molar-refractivity contribution in [1.82, 2.24) is 10.2 Å². The van der Waals surface area contributed by atoms with E-state index in [1.54, 1.807) is 0 Å². The van der Waals surface area contributed by atoms with Gasteiger partial charge >= 0.3 is 0 Å². The first-order valence-electron chi connectivity index (χ1n) is 2.80. The second kappa shape index (κ2) is 2.14. The van der Waals surface area contributed by atoms with E-state index in [2.05, 4.69) is 5.10 Å². The topological polar surface area (TPSA) is 54.7 Å². The molecular formula is C5H6F3N3. The number of nitrogens with one attached hydrogen (secondary N) is 1. The number of halogens is 3. The number of nitrogens with two attached hydrogens (primary N) is 1. The van der Waals surface area contributed by atoms with Gasteiger partial charge in [0.1, 0.15) is 5.69 Å². The van der Waals surface area contributed by atoms with Crippen molar-refractivity contribution in [2.75, 3.05) is 5.73 Å². The highest BCUT2D eigenvalue weighted by Crippen LogP contribution is 2.28. The van der Waals surface area contributed by atoms with Gasteiger partial charge in [0.15, 0.2) is 11.6 Å². The van der Waals surface area contributed by atoms with Crippen LogP contribution in [0.25, 0.3) is 0 Å². The highest BCUT2D eigenvalue weighted by atomic mass is 19.3. The molecule has 0 aromatic carbocycles. The molecule has 3 N–H and O–H groups in total. The molecule has 1 rings (SSSR count). The van der Waals surface area contributed by atoms with Gasteiger partial charge in [-0.3, -0.25) is 5.10 Å². The van der Waals surface area contributed by atoms with Crippen LogP contribution >= 0.6 is 0 Å². The number of aromatic nitrogens is 2. The van der Waals surface area contributed by atoms with Crippen molar-refractivity contribution in [2.24, 2.45) is 0 Å². The standard InChI is InChI=1S/C5H6F3N3/c1-5(7,8)3-2(6)4(9)11-10-3/h1H3,(H3,9,10,11). The smallest absolute Gasteiger partial charge is 0.289 e. The lowest BCUT2D eigenvalue weighted by Crippen LogP contribution is -2.09. The Labute approximate surface area is 60.4 Å². The van der Waals surface area contributed by atoms with Crippen molar-refractivity contribution in [3.8, 4) is 0 Å². The van der Waals surface area contributed by atoms with Crippen LogP contribution in [-0.4, -0.2) is 10.2 Å². The molecule has 0 aliphatic rings. The number of alkyl halides is 2. The fraction of sp³-hybridized carbons (Fsp3) is 0.400. The third kappa shape index (κ3) is 1.28. The average molecular weight is 165 g/mol. The Kier molecular flexibility index (Phi) is 1.54. The van der Waals surface area contributed by atoms with E-state index in [4.69, 9.17) is 5.73 Å². The molecule has 0 saturated heterocycles. The Bertz CT molecular complexity index is 262. The van der Waals surface area contributed by atoms with Gasteiger partial charge < -0.3 is 5.73 Å². The fourth-order valence-electron chi connectivity index (χ4n) is 0.633. The van der Waals surface area contributed by atoms with E-state index in [1.165, 1.54) is 0 Å². The molecule has 1 aromatic heterocycles. The normalized spacial score (nSPS) is 12.0. The van der Waals surface area contributed by atoms with Crippen LogP contribution in [0.3, 0.4) is 0 Å². The summed E-state index contributed by atoms with van der Waals surface area (Å²) < 4.78 is 37.3. The maximum absolute atomic E-state index is 12.6. The summed E-state index contributed by atoms with van der Waals surface area (Å²) in [5.74, 6) is -4.99. The minimum atomic E-state index is -3.27. The number of aromatic amines is 1. The average Bonchev–Trinajstić information content (AvgIpc) is 2.11. The van der Waals surface area contributed by atoms with Crippen LogP contribution in [0.1, 0.15) is 12.6 Å². The lowest BCUT2D eigenvalue weighted by molar-refractivity contribution is 0.00913. The number of nitrogens with zero attached hydrogens (tertiary/aromatic N) is 1. The van der Waals surface area contributed by atoms with E-state index in [1.807, 2.05) is 5.10 Å². The summed E-state index contributed by atoms with van der Waals surface area (Å²) in [4.78, 5) is 0. The molecule has 0 bridgehead atoms. The molecule has 0 saturated carbocycles. The van der Waals surface area contributed by atoms with Crippen LogP contribution in [0.15, 0.2) is 0 Å². The molecule has 3 nitrogen and oxygen atoms in total. The second-order valence-corrected chi connectivity index (χ2v) is 2.19. The highest BCUT2D eigenvalue weighted by Gasteiger charge is 2.31. The molecule has 0 atom stereocenters. The van der Waals surface area contributed by atoms with Gasteiger partial charge in [0.05, 0.1) is 0 Å². The summed E-state index contributed by atoms with van der Waals surface area (Å²) in [7, 11) is 0. The highest BCUT2D eigenvalue weighted by molar-refractivity contribution is 5.33. The Morgan fingerprint density at radius 2 is 2.09 bits per heavy atom. The fourth-order valence-corrected chi connectivity index (χ4v) is 0.633. The van der Waals surface area contributed by atoms with Crippen molar-refractivity contribution in [2.45, 2.75) is 12.8 Å². The van der Waals surface area contributed by atoms with Gasteiger partial charge in [-0.2, -0.15) is 13.9 Å². The summed E-state index contributed by atoms with van der Waals surface area (Å²) >= 11 is 0. The Hall–Kier alpha value is -1.20. The predicted molar refractivity (Wildman–Crippen MR) is 32.5 cm³/mol. The van der Waals surface area contributed by atoms with E-state index < -0.39 is 23.3 Å². The molecule has 0 radical (unpaired) electrons. The Morgan fingerprint density at radius 3 is 2.27 bits per heavy atom. The van der Waals surface area contributed by atoms with E-state index in [0.717, 1.165) is 0 Å². The third-order valence-corrected chi connectivity index (χ3v) is 1.17. The zero-order valence-corrected chi connectivity index (χ0v) is 5.66. The van der Waals surface area contributed by atoms with Crippen molar-refractivity contribution in [1.29, 1.82) is 0 Å². The molecule has 0 amide bonds. The third-order valence-electron chi connectivity index (χ3n) is 1.17. The molecule has 0 aliphatic heterocycles. The molecule has 6 heteroatoms. The van der Waals surface area contributed by atoms with Gasteiger partial charge in [0.25, 0.3) is 5.92 Å². The van der Waals surface area contributed by atoms with Crippen LogP contribution in [0.2, 0.25) is 0 Å². The number of rotatable bonds is 1. The summed E-state index contributed by atoms with van der Waals surface area (Å²) in [5, 5.41) is 4.89. The first kappa shape index (κ1) is 7.90. The monoisotopic (exact) mass is 165 g/mol. The van der Waals surface area contributed by atoms with Crippen molar-refractivity contribution in [3.05, 3.63) is 11.5 Å². The van der Waals surface area contributed by atoms with Gasteiger partial charge in [0.2, 0.25) is 0 Å². The summed E-state index contributed by atoms with van der Waals surface area (Å²) in [6, 6.07) is 0. The van der Waals surface area contributed by atoms with E-state index in [0.29, 0.717) is 6.92 Å². The number of anilines is 1. The zero-order chi connectivity index (χ0) is 8.65. The van der Waals surface area contributed by atoms with Crippen molar-refractivity contribution < 1.29 is 13.2 Å². The van der Waals surface area contributed by atoms with E-state index in [-0.39, 0.29) is 0 Å².